The molecule has 70 valence electrons. The molecule has 0 fully saturated rings. The molecule has 0 aliphatic heterocycles. The molecule has 0 atom stereocenters. The first-order valence-corrected chi connectivity index (χ1v) is 4.47. The van der Waals surface area contributed by atoms with Crippen LogP contribution in [-0.2, 0) is 0 Å². The van der Waals surface area contributed by atoms with Crippen LogP contribution in [0.2, 0.25) is 0 Å². The number of benzene rings is 1. The Balaban J connectivity index is 2.50. The standard InChI is InChI=1S/C12H11NO/c1-9-8-13-7-6-12(9)10-2-4-11(14)5-3-10/h2-8,14H,1H3. The summed E-state index contributed by atoms with van der Waals surface area (Å²) >= 11 is 0. The summed E-state index contributed by atoms with van der Waals surface area (Å²) in [5, 5.41) is 9.16. The zero-order chi connectivity index (χ0) is 9.97. The van der Waals surface area contributed by atoms with E-state index >= 15 is 0 Å². The molecule has 0 aliphatic rings. The highest BCUT2D eigenvalue weighted by molar-refractivity contribution is 5.66. The van der Waals surface area contributed by atoms with Crippen molar-refractivity contribution in [1.29, 1.82) is 0 Å². The van der Waals surface area contributed by atoms with Crippen molar-refractivity contribution in [1.82, 2.24) is 4.98 Å². The minimum Gasteiger partial charge on any atom is -0.508 e. The number of phenols is 1. The molecule has 2 heteroatoms. The average molecular weight is 185 g/mol. The van der Waals surface area contributed by atoms with Crippen LogP contribution in [0, 0.1) is 6.92 Å². The second-order valence-corrected chi connectivity index (χ2v) is 3.24. The molecule has 1 heterocycles. The van der Waals surface area contributed by atoms with Crippen molar-refractivity contribution in [3.05, 3.63) is 48.3 Å². The van der Waals surface area contributed by atoms with Gasteiger partial charge in [0, 0.05) is 12.4 Å². The minimum absolute atomic E-state index is 0.292. The largest absolute Gasteiger partial charge is 0.508 e. The lowest BCUT2D eigenvalue weighted by Gasteiger charge is -2.04. The molecule has 0 spiro atoms. The summed E-state index contributed by atoms with van der Waals surface area (Å²) in [5.74, 6) is 0.292. The van der Waals surface area contributed by atoms with Gasteiger partial charge in [0.1, 0.15) is 5.75 Å². The molecule has 2 aromatic rings. The molecule has 0 unspecified atom stereocenters. The Kier molecular flexibility index (Phi) is 2.19. The molecule has 0 bridgehead atoms. The van der Waals surface area contributed by atoms with Gasteiger partial charge in [0.15, 0.2) is 0 Å². The number of hydrogen-bond donors (Lipinski definition) is 1. The molecule has 0 saturated carbocycles. The summed E-state index contributed by atoms with van der Waals surface area (Å²) in [6, 6.07) is 9.15. The molecular weight excluding hydrogens is 174 g/mol. The summed E-state index contributed by atoms with van der Waals surface area (Å²) in [6.07, 6.45) is 3.61. The molecular formula is C12H11NO. The average Bonchev–Trinajstić information content (AvgIpc) is 2.20. The molecule has 0 saturated heterocycles. The number of hydrogen-bond acceptors (Lipinski definition) is 2. The summed E-state index contributed by atoms with van der Waals surface area (Å²) in [7, 11) is 0. The van der Waals surface area contributed by atoms with Crippen molar-refractivity contribution in [2.24, 2.45) is 0 Å². The van der Waals surface area contributed by atoms with E-state index in [-0.39, 0.29) is 0 Å². The van der Waals surface area contributed by atoms with Crippen LogP contribution in [-0.4, -0.2) is 10.1 Å². The molecule has 2 nitrogen and oxygen atoms in total. The van der Waals surface area contributed by atoms with E-state index in [0.717, 1.165) is 16.7 Å². The number of aromatic hydroxyl groups is 1. The lowest BCUT2D eigenvalue weighted by molar-refractivity contribution is 0.475. The van der Waals surface area contributed by atoms with Crippen LogP contribution in [0.1, 0.15) is 5.56 Å². The molecule has 1 aromatic heterocycles. The predicted octanol–water partition coefficient (Wildman–Crippen LogP) is 2.76. The molecule has 1 aromatic carbocycles. The van der Waals surface area contributed by atoms with E-state index < -0.39 is 0 Å². The third-order valence-corrected chi connectivity index (χ3v) is 2.20. The first kappa shape index (κ1) is 8.75. The Labute approximate surface area is 82.9 Å². The van der Waals surface area contributed by atoms with E-state index in [1.54, 1.807) is 18.3 Å². The van der Waals surface area contributed by atoms with Crippen molar-refractivity contribution < 1.29 is 5.11 Å². The first-order valence-electron chi connectivity index (χ1n) is 4.47. The number of pyridine rings is 1. The minimum atomic E-state index is 0.292. The summed E-state index contributed by atoms with van der Waals surface area (Å²) in [5.41, 5.74) is 3.39. The van der Waals surface area contributed by atoms with Crippen molar-refractivity contribution in [3.63, 3.8) is 0 Å². The van der Waals surface area contributed by atoms with Gasteiger partial charge in [0.25, 0.3) is 0 Å². The summed E-state index contributed by atoms with van der Waals surface area (Å²) in [4.78, 5) is 4.04. The van der Waals surface area contributed by atoms with Crippen LogP contribution in [0.25, 0.3) is 11.1 Å². The first-order chi connectivity index (χ1) is 6.77. The predicted molar refractivity (Wildman–Crippen MR) is 56.1 cm³/mol. The van der Waals surface area contributed by atoms with E-state index in [2.05, 4.69) is 4.98 Å². The third-order valence-electron chi connectivity index (χ3n) is 2.20. The number of phenolic OH excluding ortho intramolecular Hbond substituents is 1. The number of rotatable bonds is 1. The van der Waals surface area contributed by atoms with Crippen LogP contribution in [0.4, 0.5) is 0 Å². The van der Waals surface area contributed by atoms with E-state index in [9.17, 15) is 0 Å². The number of aromatic nitrogens is 1. The lowest BCUT2D eigenvalue weighted by Crippen LogP contribution is -1.83. The van der Waals surface area contributed by atoms with Gasteiger partial charge in [-0.1, -0.05) is 12.1 Å². The van der Waals surface area contributed by atoms with Gasteiger partial charge in [0.05, 0.1) is 0 Å². The fraction of sp³-hybridized carbons (Fsp3) is 0.0833. The van der Waals surface area contributed by atoms with E-state index in [4.69, 9.17) is 5.11 Å². The monoisotopic (exact) mass is 185 g/mol. The highest BCUT2D eigenvalue weighted by Gasteiger charge is 2.00. The van der Waals surface area contributed by atoms with E-state index in [0.29, 0.717) is 5.75 Å². The van der Waals surface area contributed by atoms with Crippen molar-refractivity contribution in [2.75, 3.05) is 0 Å². The molecule has 14 heavy (non-hydrogen) atoms. The third kappa shape index (κ3) is 1.59. The Morgan fingerprint density at radius 2 is 1.79 bits per heavy atom. The number of nitrogens with zero attached hydrogens (tertiary/aromatic N) is 1. The van der Waals surface area contributed by atoms with Crippen LogP contribution in [0.3, 0.4) is 0 Å². The van der Waals surface area contributed by atoms with Gasteiger partial charge in [-0.15, -0.1) is 0 Å². The molecule has 1 N–H and O–H groups in total. The van der Waals surface area contributed by atoms with Gasteiger partial charge < -0.3 is 5.11 Å². The van der Waals surface area contributed by atoms with Crippen molar-refractivity contribution in [3.8, 4) is 16.9 Å². The Bertz CT molecular complexity index is 434. The fourth-order valence-electron chi connectivity index (χ4n) is 1.44. The van der Waals surface area contributed by atoms with Crippen LogP contribution >= 0.6 is 0 Å². The van der Waals surface area contributed by atoms with Gasteiger partial charge in [0.2, 0.25) is 0 Å². The highest BCUT2D eigenvalue weighted by Crippen LogP contribution is 2.23. The Hall–Kier alpha value is -1.83. The van der Waals surface area contributed by atoms with Gasteiger partial charge in [-0.05, 0) is 41.8 Å². The zero-order valence-corrected chi connectivity index (χ0v) is 7.94. The lowest BCUT2D eigenvalue weighted by atomic mass is 10.0. The van der Waals surface area contributed by atoms with Gasteiger partial charge in [-0.2, -0.15) is 0 Å². The molecule has 0 radical (unpaired) electrons. The second kappa shape index (κ2) is 3.50. The molecule has 0 amide bonds. The summed E-state index contributed by atoms with van der Waals surface area (Å²) in [6.45, 7) is 2.02. The van der Waals surface area contributed by atoms with Crippen LogP contribution < -0.4 is 0 Å². The van der Waals surface area contributed by atoms with Crippen LogP contribution in [0.15, 0.2) is 42.7 Å². The van der Waals surface area contributed by atoms with Gasteiger partial charge in [-0.3, -0.25) is 4.98 Å². The number of aryl methyl sites for hydroxylation is 1. The van der Waals surface area contributed by atoms with E-state index in [1.165, 1.54) is 0 Å². The maximum absolute atomic E-state index is 9.16. The highest BCUT2D eigenvalue weighted by atomic mass is 16.3. The van der Waals surface area contributed by atoms with Gasteiger partial charge in [-0.25, -0.2) is 0 Å². The smallest absolute Gasteiger partial charge is 0.115 e. The Morgan fingerprint density at radius 1 is 1.07 bits per heavy atom. The molecule has 0 aliphatic carbocycles. The fourth-order valence-corrected chi connectivity index (χ4v) is 1.44. The maximum Gasteiger partial charge on any atom is 0.115 e. The van der Waals surface area contributed by atoms with Crippen molar-refractivity contribution in [2.45, 2.75) is 6.92 Å². The van der Waals surface area contributed by atoms with Gasteiger partial charge >= 0.3 is 0 Å². The quantitative estimate of drug-likeness (QED) is 0.741. The summed E-state index contributed by atoms with van der Waals surface area (Å²) < 4.78 is 0. The zero-order valence-electron chi connectivity index (χ0n) is 7.94. The second-order valence-electron chi connectivity index (χ2n) is 3.24. The van der Waals surface area contributed by atoms with E-state index in [1.807, 2.05) is 31.3 Å². The normalized spacial score (nSPS) is 10.1. The topological polar surface area (TPSA) is 33.1 Å². The maximum atomic E-state index is 9.16. The van der Waals surface area contributed by atoms with Crippen LogP contribution in [0.5, 0.6) is 5.75 Å². The van der Waals surface area contributed by atoms with Crippen molar-refractivity contribution >= 4 is 0 Å². The Morgan fingerprint density at radius 3 is 2.43 bits per heavy atom. The molecule has 2 rings (SSSR count). The SMILES string of the molecule is Cc1cnccc1-c1ccc(O)cc1.